The molecule has 4 rings (SSSR count). The summed E-state index contributed by atoms with van der Waals surface area (Å²) in [5, 5.41) is 0.585. The molecule has 0 spiro atoms. The van der Waals surface area contributed by atoms with Crippen molar-refractivity contribution in [2.75, 3.05) is 31.2 Å². The van der Waals surface area contributed by atoms with E-state index in [1.807, 2.05) is 18.2 Å². The summed E-state index contributed by atoms with van der Waals surface area (Å²) < 4.78 is 11.0. The molecule has 0 unspecified atom stereocenters. The maximum Gasteiger partial charge on any atom is 0.316 e. The fourth-order valence-corrected chi connectivity index (χ4v) is 3.30. The molecule has 2 aromatic carbocycles. The number of fused-ring (bicyclic) bond motifs is 1. The molecule has 7 heteroatoms. The van der Waals surface area contributed by atoms with Crippen LogP contribution in [0.5, 0.6) is 11.5 Å². The van der Waals surface area contributed by atoms with E-state index in [2.05, 4.69) is 0 Å². The number of carbonyl (C=O) groups is 2. The van der Waals surface area contributed by atoms with Crippen LogP contribution >= 0.6 is 11.6 Å². The molecule has 0 bridgehead atoms. The van der Waals surface area contributed by atoms with Gasteiger partial charge in [-0.2, -0.15) is 0 Å². The zero-order valence-corrected chi connectivity index (χ0v) is 14.7. The van der Waals surface area contributed by atoms with Crippen LogP contribution < -0.4 is 14.4 Å². The Morgan fingerprint density at radius 3 is 2.50 bits per heavy atom. The van der Waals surface area contributed by atoms with Gasteiger partial charge in [-0.3, -0.25) is 9.59 Å². The summed E-state index contributed by atoms with van der Waals surface area (Å²) in [6.45, 7) is 2.14. The molecule has 0 aromatic heterocycles. The molecular formula is C19H17ClN2O4. The maximum atomic E-state index is 12.6. The van der Waals surface area contributed by atoms with Crippen molar-refractivity contribution in [1.82, 2.24) is 4.90 Å². The van der Waals surface area contributed by atoms with Crippen LogP contribution in [0.2, 0.25) is 5.02 Å². The van der Waals surface area contributed by atoms with Gasteiger partial charge < -0.3 is 19.3 Å². The lowest BCUT2D eigenvalue weighted by Gasteiger charge is -2.34. The van der Waals surface area contributed by atoms with Crippen molar-refractivity contribution in [3.8, 4) is 11.5 Å². The molecule has 1 saturated heterocycles. The van der Waals surface area contributed by atoms with E-state index in [9.17, 15) is 9.59 Å². The summed E-state index contributed by atoms with van der Waals surface area (Å²) in [5.74, 6) is 0.148. The Balaban J connectivity index is 1.51. The van der Waals surface area contributed by atoms with Gasteiger partial charge in [0.15, 0.2) is 11.5 Å². The topological polar surface area (TPSA) is 59.1 Å². The van der Waals surface area contributed by atoms with Crippen LogP contribution in [0.4, 0.5) is 5.69 Å². The summed E-state index contributed by atoms with van der Waals surface area (Å²) in [6.07, 6.45) is 0. The van der Waals surface area contributed by atoms with Gasteiger partial charge in [0.25, 0.3) is 0 Å². The van der Waals surface area contributed by atoms with Crippen LogP contribution in [0, 0.1) is 0 Å². The van der Waals surface area contributed by atoms with Gasteiger partial charge in [0.2, 0.25) is 0 Å². The minimum Gasteiger partial charge on any atom is -0.486 e. The molecule has 26 heavy (non-hydrogen) atoms. The number of hydrogen-bond donors (Lipinski definition) is 0. The van der Waals surface area contributed by atoms with Gasteiger partial charge in [-0.05, 0) is 23.8 Å². The van der Waals surface area contributed by atoms with Crippen LogP contribution in [-0.4, -0.2) is 43.0 Å². The molecule has 2 heterocycles. The van der Waals surface area contributed by atoms with Crippen molar-refractivity contribution in [1.29, 1.82) is 0 Å². The molecule has 2 aromatic rings. The lowest BCUT2D eigenvalue weighted by molar-refractivity contribution is -0.146. The zero-order valence-electron chi connectivity index (χ0n) is 14.0. The molecular weight excluding hydrogens is 356 g/mol. The Labute approximate surface area is 155 Å². The number of benzene rings is 2. The smallest absolute Gasteiger partial charge is 0.316 e. The van der Waals surface area contributed by atoms with Gasteiger partial charge >= 0.3 is 11.8 Å². The summed E-state index contributed by atoms with van der Waals surface area (Å²) in [4.78, 5) is 28.2. The lowest BCUT2D eigenvalue weighted by Crippen LogP contribution is -2.54. The van der Waals surface area contributed by atoms with E-state index in [0.29, 0.717) is 55.1 Å². The van der Waals surface area contributed by atoms with E-state index in [1.165, 1.54) is 9.80 Å². The minimum atomic E-state index is -0.556. The Morgan fingerprint density at radius 2 is 1.69 bits per heavy atom. The highest BCUT2D eigenvalue weighted by Gasteiger charge is 2.34. The third-order valence-electron chi connectivity index (χ3n) is 4.47. The fraction of sp³-hybridized carbons (Fsp3) is 0.263. The second-order valence-electron chi connectivity index (χ2n) is 6.10. The molecule has 0 saturated carbocycles. The molecule has 0 atom stereocenters. The first kappa shape index (κ1) is 16.7. The number of nitrogens with zero attached hydrogens (tertiary/aromatic N) is 2. The largest absolute Gasteiger partial charge is 0.486 e. The minimum absolute atomic E-state index is 0.319. The lowest BCUT2D eigenvalue weighted by atomic mass is 10.1. The van der Waals surface area contributed by atoms with Crippen LogP contribution in [0.15, 0.2) is 42.5 Å². The van der Waals surface area contributed by atoms with E-state index in [1.54, 1.807) is 24.3 Å². The normalized spacial score (nSPS) is 16.8. The first-order valence-electron chi connectivity index (χ1n) is 8.37. The monoisotopic (exact) mass is 372 g/mol. The molecule has 0 N–H and O–H groups in total. The molecule has 0 radical (unpaired) electrons. The number of hydrogen-bond acceptors (Lipinski definition) is 4. The van der Waals surface area contributed by atoms with Crippen molar-refractivity contribution in [2.24, 2.45) is 0 Å². The number of anilines is 1. The Morgan fingerprint density at radius 1 is 0.923 bits per heavy atom. The second-order valence-corrected chi connectivity index (χ2v) is 6.51. The predicted molar refractivity (Wildman–Crippen MR) is 96.7 cm³/mol. The van der Waals surface area contributed by atoms with E-state index in [4.69, 9.17) is 21.1 Å². The maximum absolute atomic E-state index is 12.6. The van der Waals surface area contributed by atoms with E-state index < -0.39 is 11.8 Å². The van der Waals surface area contributed by atoms with Crippen molar-refractivity contribution in [3.05, 3.63) is 53.1 Å². The number of rotatable bonds is 3. The highest BCUT2D eigenvalue weighted by atomic mass is 35.5. The second kappa shape index (κ2) is 6.88. The number of ether oxygens (including phenoxy) is 2. The van der Waals surface area contributed by atoms with E-state index in [-0.39, 0.29) is 0 Å². The summed E-state index contributed by atoms with van der Waals surface area (Å²) in [7, 11) is 0. The molecule has 134 valence electrons. The first-order chi connectivity index (χ1) is 12.6. The van der Waals surface area contributed by atoms with Crippen LogP contribution in [0.1, 0.15) is 5.56 Å². The number of halogens is 1. The molecule has 1 fully saturated rings. The van der Waals surface area contributed by atoms with Crippen LogP contribution in [-0.2, 0) is 16.1 Å². The Hall–Kier alpha value is -2.73. The third kappa shape index (κ3) is 3.08. The zero-order chi connectivity index (χ0) is 18.1. The SMILES string of the molecule is O=C1C(=O)N(c2ccc3c(c2)OCCO3)CCN1Cc1ccccc1Cl. The summed E-state index contributed by atoms with van der Waals surface area (Å²) >= 11 is 6.16. The molecule has 2 aliphatic rings. The van der Waals surface area contributed by atoms with Gasteiger partial charge in [0, 0.05) is 36.4 Å². The van der Waals surface area contributed by atoms with E-state index >= 15 is 0 Å². The predicted octanol–water partition coefficient (Wildman–Crippen LogP) is 2.49. The third-order valence-corrected chi connectivity index (χ3v) is 4.83. The van der Waals surface area contributed by atoms with Gasteiger partial charge in [-0.15, -0.1) is 0 Å². The van der Waals surface area contributed by atoms with Crippen molar-refractivity contribution >= 4 is 29.1 Å². The van der Waals surface area contributed by atoms with Gasteiger partial charge in [0.1, 0.15) is 13.2 Å². The average molecular weight is 373 g/mol. The first-order valence-corrected chi connectivity index (χ1v) is 8.75. The molecule has 6 nitrogen and oxygen atoms in total. The molecule has 2 amide bonds. The average Bonchev–Trinajstić information content (AvgIpc) is 2.67. The van der Waals surface area contributed by atoms with Gasteiger partial charge in [0.05, 0.1) is 0 Å². The summed E-state index contributed by atoms with van der Waals surface area (Å²) in [5.41, 5.74) is 1.45. The molecule has 0 aliphatic carbocycles. The van der Waals surface area contributed by atoms with Crippen molar-refractivity contribution in [3.63, 3.8) is 0 Å². The quantitative estimate of drug-likeness (QED) is 0.777. The number of carbonyl (C=O) groups excluding carboxylic acids is 2. The fourth-order valence-electron chi connectivity index (χ4n) is 3.10. The van der Waals surface area contributed by atoms with Gasteiger partial charge in [-0.1, -0.05) is 29.8 Å². The highest BCUT2D eigenvalue weighted by molar-refractivity contribution is 6.41. The Bertz CT molecular complexity index is 870. The number of piperazine rings is 1. The standard InChI is InChI=1S/C19H17ClN2O4/c20-15-4-2-1-3-13(15)12-21-7-8-22(19(24)18(21)23)14-5-6-16-17(11-14)26-10-9-25-16/h1-6,11H,7-10,12H2. The van der Waals surface area contributed by atoms with Crippen molar-refractivity contribution < 1.29 is 19.1 Å². The summed E-state index contributed by atoms with van der Waals surface area (Å²) in [6, 6.07) is 12.6. The number of amides is 2. The van der Waals surface area contributed by atoms with E-state index in [0.717, 1.165) is 5.56 Å². The Kier molecular flexibility index (Phi) is 4.42. The van der Waals surface area contributed by atoms with Crippen molar-refractivity contribution in [2.45, 2.75) is 6.54 Å². The van der Waals surface area contributed by atoms with Crippen LogP contribution in [0.3, 0.4) is 0 Å². The van der Waals surface area contributed by atoms with Crippen LogP contribution in [0.25, 0.3) is 0 Å². The highest BCUT2D eigenvalue weighted by Crippen LogP contribution is 2.34. The molecule has 2 aliphatic heterocycles. The van der Waals surface area contributed by atoms with Gasteiger partial charge in [-0.25, -0.2) is 0 Å².